The van der Waals surface area contributed by atoms with Gasteiger partial charge in [0.1, 0.15) is 5.75 Å². The second kappa shape index (κ2) is 7.28. The number of ether oxygens (including phenoxy) is 1. The number of unbranched alkanes of at least 4 members (excludes halogenated alkanes) is 2. The van der Waals surface area contributed by atoms with Crippen molar-refractivity contribution in [2.24, 2.45) is 0 Å². The summed E-state index contributed by atoms with van der Waals surface area (Å²) in [5, 5.41) is 2.18. The molecule has 1 fully saturated rings. The number of carbonyl (C=O) groups excluding carboxylic acids is 1. The molecule has 0 unspecified atom stereocenters. The average molecular weight is 338 g/mol. The zero-order chi connectivity index (χ0) is 17.9. The largest absolute Gasteiger partial charge is 0.493 e. The SMILES string of the molecule is CCCCCOc1ccc(/C=C2\C(=O)NNC2(C)C)c2ccccc12. The van der Waals surface area contributed by atoms with Gasteiger partial charge in [0, 0.05) is 11.0 Å². The van der Waals surface area contributed by atoms with E-state index in [1.54, 1.807) is 0 Å². The van der Waals surface area contributed by atoms with E-state index in [1.807, 2.05) is 44.2 Å². The van der Waals surface area contributed by atoms with Crippen molar-refractivity contribution >= 4 is 22.8 Å². The zero-order valence-corrected chi connectivity index (χ0v) is 15.2. The van der Waals surface area contributed by atoms with Crippen LogP contribution in [0.4, 0.5) is 0 Å². The van der Waals surface area contributed by atoms with Gasteiger partial charge in [0.25, 0.3) is 5.91 Å². The van der Waals surface area contributed by atoms with Crippen molar-refractivity contribution in [1.82, 2.24) is 10.9 Å². The minimum Gasteiger partial charge on any atom is -0.493 e. The smallest absolute Gasteiger partial charge is 0.263 e. The Hall–Kier alpha value is -2.33. The summed E-state index contributed by atoms with van der Waals surface area (Å²) < 4.78 is 6.00. The predicted molar refractivity (Wildman–Crippen MR) is 102 cm³/mol. The molecule has 132 valence electrons. The normalized spacial score (nSPS) is 17.9. The maximum atomic E-state index is 12.1. The molecular formula is C21H26N2O2. The molecule has 1 amide bonds. The van der Waals surface area contributed by atoms with Crippen molar-refractivity contribution in [2.45, 2.75) is 45.6 Å². The maximum absolute atomic E-state index is 12.1. The lowest BCUT2D eigenvalue weighted by Crippen LogP contribution is -2.38. The summed E-state index contributed by atoms with van der Waals surface area (Å²) >= 11 is 0. The summed E-state index contributed by atoms with van der Waals surface area (Å²) in [4.78, 5) is 12.1. The van der Waals surface area contributed by atoms with Gasteiger partial charge >= 0.3 is 0 Å². The van der Waals surface area contributed by atoms with E-state index in [0.29, 0.717) is 0 Å². The molecule has 4 nitrogen and oxygen atoms in total. The lowest BCUT2D eigenvalue weighted by Gasteiger charge is -2.17. The Kier molecular flexibility index (Phi) is 5.09. The molecule has 0 saturated carbocycles. The number of carbonyl (C=O) groups is 1. The third kappa shape index (κ3) is 3.69. The lowest BCUT2D eigenvalue weighted by atomic mass is 9.92. The van der Waals surface area contributed by atoms with Crippen LogP contribution in [-0.2, 0) is 4.79 Å². The van der Waals surface area contributed by atoms with Crippen LogP contribution in [0.1, 0.15) is 45.6 Å². The predicted octanol–water partition coefficient (Wildman–Crippen LogP) is 4.21. The van der Waals surface area contributed by atoms with E-state index < -0.39 is 5.54 Å². The number of benzene rings is 2. The third-order valence-corrected chi connectivity index (χ3v) is 4.63. The zero-order valence-electron chi connectivity index (χ0n) is 15.2. The molecule has 0 radical (unpaired) electrons. The van der Waals surface area contributed by atoms with Crippen LogP contribution in [0.5, 0.6) is 5.75 Å². The van der Waals surface area contributed by atoms with Gasteiger partial charge in [-0.25, -0.2) is 5.43 Å². The van der Waals surface area contributed by atoms with Gasteiger partial charge in [-0.2, -0.15) is 0 Å². The molecule has 1 saturated heterocycles. The Labute approximate surface area is 149 Å². The quantitative estimate of drug-likeness (QED) is 0.613. The van der Waals surface area contributed by atoms with Gasteiger partial charge in [-0.15, -0.1) is 0 Å². The monoisotopic (exact) mass is 338 g/mol. The first-order valence-corrected chi connectivity index (χ1v) is 8.97. The molecule has 0 aromatic heterocycles. The fourth-order valence-corrected chi connectivity index (χ4v) is 3.11. The molecule has 3 rings (SSSR count). The van der Waals surface area contributed by atoms with E-state index >= 15 is 0 Å². The maximum Gasteiger partial charge on any atom is 0.263 e. The third-order valence-electron chi connectivity index (χ3n) is 4.63. The fourth-order valence-electron chi connectivity index (χ4n) is 3.11. The number of nitrogens with one attached hydrogen (secondary N) is 2. The molecule has 2 N–H and O–H groups in total. The number of hydrazine groups is 1. The molecular weight excluding hydrogens is 312 g/mol. The summed E-state index contributed by atoms with van der Waals surface area (Å²) in [6.45, 7) is 6.90. The Morgan fingerprint density at radius 3 is 2.52 bits per heavy atom. The van der Waals surface area contributed by atoms with Crippen LogP contribution in [-0.4, -0.2) is 18.1 Å². The van der Waals surface area contributed by atoms with Gasteiger partial charge in [-0.1, -0.05) is 50.1 Å². The highest BCUT2D eigenvalue weighted by atomic mass is 16.5. The van der Waals surface area contributed by atoms with Crippen LogP contribution in [0, 0.1) is 0 Å². The minimum absolute atomic E-state index is 0.0750. The van der Waals surface area contributed by atoms with E-state index in [2.05, 4.69) is 29.9 Å². The molecule has 1 aliphatic heterocycles. The van der Waals surface area contributed by atoms with Crippen LogP contribution in [0.15, 0.2) is 42.0 Å². The molecule has 4 heteroatoms. The Bertz CT molecular complexity index is 809. The van der Waals surface area contributed by atoms with Gasteiger partial charge < -0.3 is 4.74 Å². The van der Waals surface area contributed by atoms with Crippen molar-refractivity contribution in [3.8, 4) is 5.75 Å². The highest BCUT2D eigenvalue weighted by Gasteiger charge is 2.35. The van der Waals surface area contributed by atoms with Crippen LogP contribution in [0.3, 0.4) is 0 Å². The number of hydrogen-bond acceptors (Lipinski definition) is 3. The standard InChI is InChI=1S/C21H26N2O2/c1-4-5-8-13-25-19-12-11-15(16-9-6-7-10-17(16)19)14-18-20(24)22-23-21(18,2)3/h6-7,9-12,14,23H,4-5,8,13H2,1-3H3,(H,22,24)/b18-14+. The fraction of sp³-hybridized carbons (Fsp3) is 0.381. The van der Waals surface area contributed by atoms with Crippen molar-refractivity contribution < 1.29 is 9.53 Å². The van der Waals surface area contributed by atoms with Gasteiger partial charge in [0.2, 0.25) is 0 Å². The Balaban J connectivity index is 1.97. The van der Waals surface area contributed by atoms with Crippen molar-refractivity contribution in [1.29, 1.82) is 0 Å². The summed E-state index contributed by atoms with van der Waals surface area (Å²) in [7, 11) is 0. The molecule has 25 heavy (non-hydrogen) atoms. The van der Waals surface area contributed by atoms with Crippen molar-refractivity contribution in [3.63, 3.8) is 0 Å². The number of amides is 1. The van der Waals surface area contributed by atoms with Crippen molar-refractivity contribution in [3.05, 3.63) is 47.5 Å². The highest BCUT2D eigenvalue weighted by Crippen LogP contribution is 2.32. The van der Waals surface area contributed by atoms with E-state index in [4.69, 9.17) is 4.74 Å². The van der Waals surface area contributed by atoms with Gasteiger partial charge in [-0.3, -0.25) is 10.2 Å². The Morgan fingerprint density at radius 2 is 1.84 bits per heavy atom. The number of hydrogen-bond donors (Lipinski definition) is 2. The molecule has 0 spiro atoms. The lowest BCUT2D eigenvalue weighted by molar-refractivity contribution is -0.116. The van der Waals surface area contributed by atoms with E-state index in [-0.39, 0.29) is 5.91 Å². The summed E-state index contributed by atoms with van der Waals surface area (Å²) in [5.41, 5.74) is 7.08. The van der Waals surface area contributed by atoms with Gasteiger partial charge in [-0.05, 0) is 43.4 Å². The van der Waals surface area contributed by atoms with E-state index in [1.165, 1.54) is 12.8 Å². The van der Waals surface area contributed by atoms with Gasteiger partial charge in [0.15, 0.2) is 0 Å². The number of rotatable bonds is 6. The molecule has 2 aromatic rings. The molecule has 0 aliphatic carbocycles. The van der Waals surface area contributed by atoms with Crippen LogP contribution >= 0.6 is 0 Å². The second-order valence-corrected chi connectivity index (χ2v) is 7.02. The number of fused-ring (bicyclic) bond motifs is 1. The van der Waals surface area contributed by atoms with Crippen LogP contribution in [0.25, 0.3) is 16.8 Å². The topological polar surface area (TPSA) is 50.4 Å². The summed E-state index contributed by atoms with van der Waals surface area (Å²) in [6, 6.07) is 12.2. The molecule has 1 aliphatic rings. The first-order valence-electron chi connectivity index (χ1n) is 8.97. The average Bonchev–Trinajstić information content (AvgIpc) is 2.87. The van der Waals surface area contributed by atoms with Gasteiger partial charge in [0.05, 0.1) is 12.1 Å². The van der Waals surface area contributed by atoms with E-state index in [9.17, 15) is 4.79 Å². The molecule has 0 atom stereocenters. The van der Waals surface area contributed by atoms with Crippen LogP contribution in [0.2, 0.25) is 0 Å². The first kappa shape index (κ1) is 17.5. The summed E-state index contributed by atoms with van der Waals surface area (Å²) in [6.07, 6.45) is 5.40. The molecule has 1 heterocycles. The minimum atomic E-state index is -0.395. The second-order valence-electron chi connectivity index (χ2n) is 7.02. The van der Waals surface area contributed by atoms with Crippen molar-refractivity contribution in [2.75, 3.05) is 6.61 Å². The molecule has 2 aromatic carbocycles. The molecule has 0 bridgehead atoms. The highest BCUT2D eigenvalue weighted by molar-refractivity contribution is 6.04. The first-order chi connectivity index (χ1) is 12.0. The van der Waals surface area contributed by atoms with Crippen LogP contribution < -0.4 is 15.6 Å². The Morgan fingerprint density at radius 1 is 1.08 bits per heavy atom. The van der Waals surface area contributed by atoms with E-state index in [0.717, 1.165) is 40.7 Å². The summed E-state index contributed by atoms with van der Waals surface area (Å²) in [5.74, 6) is 0.830.